The molecule has 0 fully saturated rings. The number of amides is 1. The number of carbonyl (C=O) groups excluding carboxylic acids is 1. The molecule has 0 bridgehead atoms. The Labute approximate surface area is 170 Å². The molecule has 5 heteroatoms. The first-order chi connectivity index (χ1) is 13.0. The molecule has 1 aliphatic rings. The fraction of sp³-hybridized carbons (Fsp3) is 0.409. The molecule has 1 atom stereocenters. The molecule has 2 aromatic carbocycles. The van der Waals surface area contributed by atoms with Crippen molar-refractivity contribution in [1.29, 1.82) is 0 Å². The van der Waals surface area contributed by atoms with E-state index >= 15 is 0 Å². The molecule has 1 heterocycles. The molecule has 0 spiro atoms. The molecule has 1 aliphatic heterocycles. The van der Waals surface area contributed by atoms with E-state index in [1.54, 1.807) is 11.8 Å². The molecule has 1 unspecified atom stereocenters. The van der Waals surface area contributed by atoms with Crippen LogP contribution < -0.4 is 10.1 Å². The van der Waals surface area contributed by atoms with Crippen LogP contribution in [0.5, 0.6) is 5.75 Å². The number of fused-ring (bicyclic) bond motifs is 1. The third-order valence-corrected chi connectivity index (χ3v) is 6.49. The van der Waals surface area contributed by atoms with Gasteiger partial charge in [-0.25, -0.2) is 0 Å². The van der Waals surface area contributed by atoms with Gasteiger partial charge in [0.05, 0.1) is 11.8 Å². The number of carbonyl (C=O) groups is 1. The van der Waals surface area contributed by atoms with E-state index in [9.17, 15) is 4.79 Å². The lowest BCUT2D eigenvalue weighted by Gasteiger charge is -2.41. The standard InChI is InChI=1S/C22H26ClNO2S/c1-3-22(4-2)13-19(18-7-5-6-8-20(18)26-22)24-21(25)15-27-14-16-9-11-17(23)12-10-16/h5-12,19H,3-4,13-15H2,1-2H3,(H,24,25). The molecule has 3 nitrogen and oxygen atoms in total. The zero-order valence-electron chi connectivity index (χ0n) is 15.8. The summed E-state index contributed by atoms with van der Waals surface area (Å²) in [5.74, 6) is 2.19. The van der Waals surface area contributed by atoms with Crippen molar-refractivity contribution in [2.24, 2.45) is 0 Å². The second kappa shape index (κ2) is 9.03. The smallest absolute Gasteiger partial charge is 0.230 e. The van der Waals surface area contributed by atoms with E-state index in [4.69, 9.17) is 16.3 Å². The quantitative estimate of drug-likeness (QED) is 0.637. The van der Waals surface area contributed by atoms with Gasteiger partial charge in [0.1, 0.15) is 11.4 Å². The third-order valence-electron chi connectivity index (χ3n) is 5.24. The monoisotopic (exact) mass is 403 g/mol. The van der Waals surface area contributed by atoms with E-state index in [-0.39, 0.29) is 17.6 Å². The fourth-order valence-electron chi connectivity index (χ4n) is 3.51. The molecule has 0 radical (unpaired) electrons. The molecule has 0 aliphatic carbocycles. The highest BCUT2D eigenvalue weighted by atomic mass is 35.5. The van der Waals surface area contributed by atoms with Crippen molar-refractivity contribution in [3.8, 4) is 5.75 Å². The van der Waals surface area contributed by atoms with Gasteiger partial charge in [0.25, 0.3) is 0 Å². The van der Waals surface area contributed by atoms with E-state index in [0.717, 1.165) is 41.4 Å². The van der Waals surface area contributed by atoms with Crippen molar-refractivity contribution in [1.82, 2.24) is 5.32 Å². The second-order valence-electron chi connectivity index (χ2n) is 6.97. The van der Waals surface area contributed by atoms with Gasteiger partial charge in [-0.1, -0.05) is 55.8 Å². The van der Waals surface area contributed by atoms with Gasteiger partial charge in [0, 0.05) is 22.8 Å². The maximum Gasteiger partial charge on any atom is 0.230 e. The predicted octanol–water partition coefficient (Wildman–Crippen LogP) is 5.77. The number of para-hydroxylation sites is 1. The maximum absolute atomic E-state index is 12.6. The van der Waals surface area contributed by atoms with Gasteiger partial charge in [-0.05, 0) is 36.6 Å². The average Bonchev–Trinajstić information content (AvgIpc) is 2.69. The second-order valence-corrected chi connectivity index (χ2v) is 8.40. The number of ether oxygens (including phenoxy) is 1. The minimum Gasteiger partial charge on any atom is -0.487 e. The Bertz CT molecular complexity index is 774. The van der Waals surface area contributed by atoms with Crippen LogP contribution in [0.3, 0.4) is 0 Å². The minimum atomic E-state index is -0.206. The molecule has 3 rings (SSSR count). The van der Waals surface area contributed by atoms with Crippen LogP contribution in [0.15, 0.2) is 48.5 Å². The third kappa shape index (κ3) is 4.99. The van der Waals surface area contributed by atoms with Crippen molar-refractivity contribution in [3.05, 3.63) is 64.7 Å². The summed E-state index contributed by atoms with van der Waals surface area (Å²) in [6.45, 7) is 4.30. The van der Waals surface area contributed by atoms with E-state index in [1.807, 2.05) is 42.5 Å². The summed E-state index contributed by atoms with van der Waals surface area (Å²) < 4.78 is 6.31. The van der Waals surface area contributed by atoms with Crippen LogP contribution in [0.2, 0.25) is 5.02 Å². The molecule has 27 heavy (non-hydrogen) atoms. The number of halogens is 1. The minimum absolute atomic E-state index is 0.00141. The van der Waals surface area contributed by atoms with Crippen molar-refractivity contribution < 1.29 is 9.53 Å². The summed E-state index contributed by atoms with van der Waals surface area (Å²) in [7, 11) is 0. The van der Waals surface area contributed by atoms with Gasteiger partial charge in [-0.2, -0.15) is 0 Å². The maximum atomic E-state index is 12.6. The van der Waals surface area contributed by atoms with Crippen molar-refractivity contribution in [2.75, 3.05) is 5.75 Å². The summed E-state index contributed by atoms with van der Waals surface area (Å²) >= 11 is 7.53. The summed E-state index contributed by atoms with van der Waals surface area (Å²) in [6, 6.07) is 15.8. The lowest BCUT2D eigenvalue weighted by atomic mass is 9.83. The zero-order valence-corrected chi connectivity index (χ0v) is 17.4. The van der Waals surface area contributed by atoms with E-state index < -0.39 is 0 Å². The lowest BCUT2D eigenvalue weighted by molar-refractivity contribution is -0.120. The normalized spacial score (nSPS) is 17.7. The van der Waals surface area contributed by atoms with Crippen molar-refractivity contribution >= 4 is 29.3 Å². The molecule has 144 valence electrons. The van der Waals surface area contributed by atoms with Gasteiger partial charge < -0.3 is 10.1 Å². The zero-order chi connectivity index (χ0) is 19.3. The topological polar surface area (TPSA) is 38.3 Å². The Balaban J connectivity index is 1.61. The largest absolute Gasteiger partial charge is 0.487 e. The molecule has 0 saturated heterocycles. The van der Waals surface area contributed by atoms with Gasteiger partial charge >= 0.3 is 0 Å². The van der Waals surface area contributed by atoms with Gasteiger partial charge in [0.2, 0.25) is 5.91 Å². The van der Waals surface area contributed by atoms with Crippen LogP contribution >= 0.6 is 23.4 Å². The first kappa shape index (κ1) is 20.1. The number of benzene rings is 2. The Kier molecular flexibility index (Phi) is 6.72. The van der Waals surface area contributed by atoms with Crippen LogP contribution in [0, 0.1) is 0 Å². The predicted molar refractivity (Wildman–Crippen MR) is 113 cm³/mol. The van der Waals surface area contributed by atoms with Gasteiger partial charge in [-0.3, -0.25) is 4.79 Å². The molecular weight excluding hydrogens is 378 g/mol. The van der Waals surface area contributed by atoms with Crippen molar-refractivity contribution in [3.63, 3.8) is 0 Å². The Morgan fingerprint density at radius 1 is 1.19 bits per heavy atom. The summed E-state index contributed by atoms with van der Waals surface area (Å²) in [6.07, 6.45) is 2.66. The van der Waals surface area contributed by atoms with E-state index in [2.05, 4.69) is 25.2 Å². The highest BCUT2D eigenvalue weighted by Gasteiger charge is 2.38. The van der Waals surface area contributed by atoms with Gasteiger partial charge in [-0.15, -0.1) is 11.8 Å². The first-order valence-corrected chi connectivity index (χ1v) is 11.0. The number of nitrogens with one attached hydrogen (secondary N) is 1. The van der Waals surface area contributed by atoms with Gasteiger partial charge in [0.15, 0.2) is 0 Å². The number of hydrogen-bond acceptors (Lipinski definition) is 3. The Morgan fingerprint density at radius 3 is 2.59 bits per heavy atom. The van der Waals surface area contributed by atoms with Crippen LogP contribution in [-0.2, 0) is 10.5 Å². The SMILES string of the molecule is CCC1(CC)CC(NC(=O)CSCc2ccc(Cl)cc2)c2ccccc2O1. The summed E-state index contributed by atoms with van der Waals surface area (Å²) in [4.78, 5) is 12.6. The number of hydrogen-bond donors (Lipinski definition) is 1. The Morgan fingerprint density at radius 2 is 1.89 bits per heavy atom. The fourth-order valence-corrected chi connectivity index (χ4v) is 4.43. The highest BCUT2D eigenvalue weighted by molar-refractivity contribution is 7.99. The molecular formula is C22H26ClNO2S. The molecule has 2 aromatic rings. The summed E-state index contributed by atoms with van der Waals surface area (Å²) in [5.41, 5.74) is 2.04. The number of rotatable bonds is 7. The average molecular weight is 404 g/mol. The van der Waals surface area contributed by atoms with Crippen LogP contribution in [0.1, 0.15) is 50.3 Å². The van der Waals surface area contributed by atoms with E-state index in [0.29, 0.717) is 5.75 Å². The summed E-state index contributed by atoms with van der Waals surface area (Å²) in [5, 5.41) is 3.96. The van der Waals surface area contributed by atoms with E-state index in [1.165, 1.54) is 5.56 Å². The first-order valence-electron chi connectivity index (χ1n) is 9.45. The molecule has 1 amide bonds. The molecule has 1 N–H and O–H groups in total. The van der Waals surface area contributed by atoms with Crippen LogP contribution in [0.25, 0.3) is 0 Å². The lowest BCUT2D eigenvalue weighted by Crippen LogP contribution is -2.44. The molecule has 0 saturated carbocycles. The van der Waals surface area contributed by atoms with Crippen LogP contribution in [-0.4, -0.2) is 17.3 Å². The highest BCUT2D eigenvalue weighted by Crippen LogP contribution is 2.42. The van der Waals surface area contributed by atoms with Crippen molar-refractivity contribution in [2.45, 2.75) is 50.5 Å². The Hall–Kier alpha value is -1.65. The van der Waals surface area contributed by atoms with Crippen LogP contribution in [0.4, 0.5) is 0 Å². The number of thioether (sulfide) groups is 1. The molecule has 0 aromatic heterocycles.